The van der Waals surface area contributed by atoms with E-state index in [0.717, 1.165) is 30.0 Å². The number of amides is 1. The number of halogens is 1. The molecular formula is C13H18ClN3O2. The van der Waals surface area contributed by atoms with Crippen LogP contribution >= 0.6 is 11.6 Å². The monoisotopic (exact) mass is 283 g/mol. The molecule has 0 fully saturated rings. The Morgan fingerprint density at radius 1 is 1.53 bits per heavy atom. The molecule has 0 saturated heterocycles. The van der Waals surface area contributed by atoms with Gasteiger partial charge in [-0.1, -0.05) is 11.6 Å². The van der Waals surface area contributed by atoms with Crippen LogP contribution in [0, 0.1) is 0 Å². The van der Waals surface area contributed by atoms with Crippen LogP contribution in [0.5, 0.6) is 0 Å². The van der Waals surface area contributed by atoms with Gasteiger partial charge in [0.15, 0.2) is 0 Å². The third-order valence-corrected chi connectivity index (χ3v) is 3.58. The van der Waals surface area contributed by atoms with Gasteiger partial charge < -0.3 is 20.7 Å². The number of carbonyl (C=O) groups excluding carboxylic acids is 1. The van der Waals surface area contributed by atoms with Crippen LogP contribution < -0.4 is 16.0 Å². The molecule has 19 heavy (non-hydrogen) atoms. The Kier molecular flexibility index (Phi) is 4.29. The maximum atomic E-state index is 11.6. The molecular weight excluding hydrogens is 266 g/mol. The molecule has 1 unspecified atom stereocenters. The van der Waals surface area contributed by atoms with Crippen molar-refractivity contribution in [1.82, 2.24) is 0 Å². The Bertz CT molecular complexity index is 493. The number of hydrogen-bond acceptors (Lipinski definition) is 4. The highest BCUT2D eigenvalue weighted by atomic mass is 35.5. The van der Waals surface area contributed by atoms with Gasteiger partial charge in [-0.05, 0) is 19.1 Å². The van der Waals surface area contributed by atoms with Gasteiger partial charge in [-0.25, -0.2) is 0 Å². The van der Waals surface area contributed by atoms with Gasteiger partial charge in [0.05, 0.1) is 17.3 Å². The smallest absolute Gasteiger partial charge is 0.245 e. The van der Waals surface area contributed by atoms with E-state index in [1.165, 1.54) is 0 Å². The van der Waals surface area contributed by atoms with E-state index in [1.54, 1.807) is 13.2 Å². The first-order chi connectivity index (χ1) is 9.08. The third kappa shape index (κ3) is 2.68. The lowest BCUT2D eigenvalue weighted by Crippen LogP contribution is -2.27. The van der Waals surface area contributed by atoms with Gasteiger partial charge in [0, 0.05) is 31.5 Å². The lowest BCUT2D eigenvalue weighted by Gasteiger charge is -2.24. The van der Waals surface area contributed by atoms with E-state index in [2.05, 4.69) is 10.2 Å². The zero-order valence-electron chi connectivity index (χ0n) is 11.1. The van der Waals surface area contributed by atoms with E-state index < -0.39 is 6.04 Å². The number of benzene rings is 1. The Labute approximate surface area is 117 Å². The minimum Gasteiger partial charge on any atom is -0.383 e. The number of likely N-dealkylation sites (N-methyl/N-ethyl adjacent to an activating group) is 1. The summed E-state index contributed by atoms with van der Waals surface area (Å²) >= 11 is 6.30. The molecule has 0 aromatic heterocycles. The highest BCUT2D eigenvalue weighted by Crippen LogP contribution is 2.37. The molecule has 1 aromatic rings. The highest BCUT2D eigenvalue weighted by Gasteiger charge is 2.28. The van der Waals surface area contributed by atoms with Crippen LogP contribution in [0.15, 0.2) is 12.1 Å². The second-order valence-electron chi connectivity index (χ2n) is 4.43. The number of nitrogens with two attached hydrogens (primary N) is 1. The van der Waals surface area contributed by atoms with E-state index in [0.29, 0.717) is 11.6 Å². The predicted octanol–water partition coefficient (Wildman–Crippen LogP) is 1.76. The number of anilines is 2. The van der Waals surface area contributed by atoms with Crippen LogP contribution in [0.25, 0.3) is 0 Å². The molecule has 3 N–H and O–H groups in total. The summed E-state index contributed by atoms with van der Waals surface area (Å²) in [5, 5.41) is 3.37. The highest BCUT2D eigenvalue weighted by molar-refractivity contribution is 6.33. The number of carbonyl (C=O) groups is 1. The first-order valence-electron chi connectivity index (χ1n) is 6.22. The van der Waals surface area contributed by atoms with Gasteiger partial charge in [0.2, 0.25) is 5.91 Å². The average molecular weight is 284 g/mol. The van der Waals surface area contributed by atoms with E-state index in [4.69, 9.17) is 22.1 Å². The van der Waals surface area contributed by atoms with Crippen molar-refractivity contribution in [3.8, 4) is 0 Å². The maximum absolute atomic E-state index is 11.6. The fourth-order valence-corrected chi connectivity index (χ4v) is 2.48. The minimum atomic E-state index is -0.629. The molecule has 1 amide bonds. The molecule has 5 nitrogen and oxygen atoms in total. The second kappa shape index (κ2) is 5.77. The standard InChI is InChI=1S/C13H18ClN3O2/c1-3-17(4-5-19-2)11-7-10-8(6-9(11)14)12(15)13(18)16-10/h6-7,12H,3-5,15H2,1-2H3,(H,16,18). The van der Waals surface area contributed by atoms with E-state index >= 15 is 0 Å². The number of methoxy groups -OCH3 is 1. The molecule has 0 aliphatic carbocycles. The van der Waals surface area contributed by atoms with Crippen LogP contribution in [0.1, 0.15) is 18.5 Å². The summed E-state index contributed by atoms with van der Waals surface area (Å²) in [7, 11) is 1.66. The fraction of sp³-hybridized carbons (Fsp3) is 0.462. The van der Waals surface area contributed by atoms with Gasteiger partial charge in [-0.2, -0.15) is 0 Å². The molecule has 6 heteroatoms. The summed E-state index contributed by atoms with van der Waals surface area (Å²) in [6, 6.07) is 3.02. The van der Waals surface area contributed by atoms with Crippen LogP contribution in [0.2, 0.25) is 5.02 Å². The van der Waals surface area contributed by atoms with Gasteiger partial charge in [-0.3, -0.25) is 4.79 Å². The summed E-state index contributed by atoms with van der Waals surface area (Å²) in [5.74, 6) is -0.192. The Morgan fingerprint density at radius 2 is 2.26 bits per heavy atom. The quantitative estimate of drug-likeness (QED) is 0.864. The summed E-state index contributed by atoms with van der Waals surface area (Å²) < 4.78 is 5.09. The number of fused-ring (bicyclic) bond motifs is 1. The first kappa shape index (κ1) is 14.1. The Morgan fingerprint density at radius 3 is 2.89 bits per heavy atom. The number of rotatable bonds is 5. The molecule has 1 heterocycles. The van der Waals surface area contributed by atoms with Crippen molar-refractivity contribution in [3.63, 3.8) is 0 Å². The van der Waals surface area contributed by atoms with E-state index in [-0.39, 0.29) is 5.91 Å². The van der Waals surface area contributed by atoms with Gasteiger partial charge >= 0.3 is 0 Å². The van der Waals surface area contributed by atoms with Crippen molar-refractivity contribution < 1.29 is 9.53 Å². The predicted molar refractivity (Wildman–Crippen MR) is 76.8 cm³/mol. The molecule has 104 valence electrons. The van der Waals surface area contributed by atoms with Crippen LogP contribution in [0.4, 0.5) is 11.4 Å². The summed E-state index contributed by atoms with van der Waals surface area (Å²) in [6.45, 7) is 4.21. The normalized spacial score (nSPS) is 17.3. The molecule has 1 atom stereocenters. The zero-order chi connectivity index (χ0) is 14.0. The molecule has 0 saturated carbocycles. The van der Waals surface area contributed by atoms with Crippen LogP contribution in [-0.2, 0) is 9.53 Å². The lowest BCUT2D eigenvalue weighted by atomic mass is 10.1. The lowest BCUT2D eigenvalue weighted by molar-refractivity contribution is -0.116. The van der Waals surface area contributed by atoms with E-state index in [1.807, 2.05) is 13.0 Å². The molecule has 0 radical (unpaired) electrons. The van der Waals surface area contributed by atoms with Gasteiger partial charge in [0.25, 0.3) is 0 Å². The molecule has 0 spiro atoms. The van der Waals surface area contributed by atoms with Crippen molar-refractivity contribution in [2.75, 3.05) is 37.0 Å². The maximum Gasteiger partial charge on any atom is 0.245 e. The molecule has 2 rings (SSSR count). The van der Waals surface area contributed by atoms with E-state index in [9.17, 15) is 4.79 Å². The van der Waals surface area contributed by atoms with Gasteiger partial charge in [0.1, 0.15) is 6.04 Å². The number of nitrogens with one attached hydrogen (secondary N) is 1. The van der Waals surface area contributed by atoms with Crippen molar-refractivity contribution >= 4 is 28.9 Å². The largest absolute Gasteiger partial charge is 0.383 e. The molecule has 1 aromatic carbocycles. The minimum absolute atomic E-state index is 0.192. The molecule has 0 bridgehead atoms. The molecule has 1 aliphatic rings. The summed E-state index contributed by atoms with van der Waals surface area (Å²) in [5.41, 5.74) is 8.17. The average Bonchev–Trinajstić information content (AvgIpc) is 2.66. The Balaban J connectivity index is 2.32. The number of nitrogens with zero attached hydrogens (tertiary/aromatic N) is 1. The molecule has 1 aliphatic heterocycles. The van der Waals surface area contributed by atoms with Crippen molar-refractivity contribution in [1.29, 1.82) is 0 Å². The van der Waals surface area contributed by atoms with Gasteiger partial charge in [-0.15, -0.1) is 0 Å². The zero-order valence-corrected chi connectivity index (χ0v) is 11.8. The SMILES string of the molecule is CCN(CCOC)c1cc2c(cc1Cl)C(N)C(=O)N2. The summed E-state index contributed by atoms with van der Waals surface area (Å²) in [6.07, 6.45) is 0. The fourth-order valence-electron chi connectivity index (χ4n) is 2.19. The Hall–Kier alpha value is -1.30. The van der Waals surface area contributed by atoms with Crippen LogP contribution in [-0.4, -0.2) is 32.7 Å². The topological polar surface area (TPSA) is 67.6 Å². The number of hydrogen-bond donors (Lipinski definition) is 2. The third-order valence-electron chi connectivity index (χ3n) is 3.28. The van der Waals surface area contributed by atoms with Crippen molar-refractivity contribution in [2.45, 2.75) is 13.0 Å². The van der Waals surface area contributed by atoms with Crippen molar-refractivity contribution in [2.24, 2.45) is 5.73 Å². The van der Waals surface area contributed by atoms with Crippen LogP contribution in [0.3, 0.4) is 0 Å². The number of ether oxygens (including phenoxy) is 1. The second-order valence-corrected chi connectivity index (χ2v) is 4.84. The summed E-state index contributed by atoms with van der Waals surface area (Å²) in [4.78, 5) is 13.7. The van der Waals surface area contributed by atoms with Crippen molar-refractivity contribution in [3.05, 3.63) is 22.7 Å². The first-order valence-corrected chi connectivity index (χ1v) is 6.60.